The van der Waals surface area contributed by atoms with Crippen molar-refractivity contribution in [2.45, 2.75) is 19.1 Å². The van der Waals surface area contributed by atoms with Crippen LogP contribution in [0.1, 0.15) is 19.0 Å². The summed E-state index contributed by atoms with van der Waals surface area (Å²) in [5.74, 6) is 2.39. The number of aromatic nitrogens is 1. The molecule has 0 radical (unpaired) electrons. The summed E-state index contributed by atoms with van der Waals surface area (Å²) < 4.78 is 0. The lowest BCUT2D eigenvalue weighted by atomic mass is 10.4. The van der Waals surface area contributed by atoms with Gasteiger partial charge in [-0.1, -0.05) is 6.58 Å². The molecule has 0 bridgehead atoms. The van der Waals surface area contributed by atoms with Gasteiger partial charge in [0.1, 0.15) is 0 Å². The van der Waals surface area contributed by atoms with Gasteiger partial charge >= 0.3 is 0 Å². The van der Waals surface area contributed by atoms with Crippen molar-refractivity contribution in [3.8, 4) is 0 Å². The highest BCUT2D eigenvalue weighted by molar-refractivity contribution is 7.98. The molecule has 0 saturated heterocycles. The number of hydrogen-bond acceptors (Lipinski definition) is 5. The summed E-state index contributed by atoms with van der Waals surface area (Å²) in [5.41, 5.74) is 12.7. The van der Waals surface area contributed by atoms with E-state index in [1.165, 1.54) is 11.3 Å². The van der Waals surface area contributed by atoms with E-state index in [-0.39, 0.29) is 0 Å². The van der Waals surface area contributed by atoms with Gasteiger partial charge in [0.2, 0.25) is 5.13 Å². The van der Waals surface area contributed by atoms with E-state index in [9.17, 15) is 0 Å². The predicted molar refractivity (Wildman–Crippen MR) is 73.2 cm³/mol. The van der Waals surface area contributed by atoms with Gasteiger partial charge in [0.05, 0.1) is 11.5 Å². The Kier molecular flexibility index (Phi) is 5.34. The first-order valence-corrected chi connectivity index (χ1v) is 6.87. The molecule has 0 aliphatic rings. The number of rotatable bonds is 6. The molecule has 0 aliphatic carbocycles. The van der Waals surface area contributed by atoms with Gasteiger partial charge in [-0.25, -0.2) is 9.98 Å². The van der Waals surface area contributed by atoms with E-state index < -0.39 is 0 Å². The Morgan fingerprint density at radius 2 is 2.38 bits per heavy atom. The van der Waals surface area contributed by atoms with E-state index in [1.807, 2.05) is 5.38 Å². The second kappa shape index (κ2) is 6.55. The average Bonchev–Trinajstić information content (AvgIpc) is 2.59. The largest absolute Gasteiger partial charge is 0.402 e. The Bertz CT molecular complexity index is 380. The molecule has 0 saturated carbocycles. The molecule has 0 aromatic carbocycles. The van der Waals surface area contributed by atoms with E-state index in [4.69, 9.17) is 11.5 Å². The second-order valence-electron chi connectivity index (χ2n) is 3.34. The van der Waals surface area contributed by atoms with Crippen LogP contribution >= 0.6 is 23.1 Å². The van der Waals surface area contributed by atoms with E-state index in [1.54, 1.807) is 18.7 Å². The number of allylic oxidation sites excluding steroid dienone is 1. The van der Waals surface area contributed by atoms with Crippen molar-refractivity contribution in [3.05, 3.63) is 23.3 Å². The minimum Gasteiger partial charge on any atom is -0.402 e. The first-order valence-electron chi connectivity index (χ1n) is 4.84. The molecule has 4 nitrogen and oxygen atoms in total. The topological polar surface area (TPSA) is 77.3 Å². The summed E-state index contributed by atoms with van der Waals surface area (Å²) in [5, 5.41) is 2.73. The lowest BCUT2D eigenvalue weighted by Crippen LogP contribution is -2.03. The van der Waals surface area contributed by atoms with Gasteiger partial charge in [0, 0.05) is 16.8 Å². The van der Waals surface area contributed by atoms with Crippen LogP contribution in [0.2, 0.25) is 0 Å². The van der Waals surface area contributed by atoms with E-state index in [2.05, 4.69) is 16.6 Å². The van der Waals surface area contributed by atoms with Gasteiger partial charge in [-0.05, 0) is 19.1 Å². The Morgan fingerprint density at radius 3 is 3.00 bits per heavy atom. The molecule has 0 aliphatic heterocycles. The molecule has 1 rings (SSSR count). The molecule has 88 valence electrons. The molecule has 6 heteroatoms. The summed E-state index contributed by atoms with van der Waals surface area (Å²) >= 11 is 3.30. The molecule has 0 fully saturated rings. The van der Waals surface area contributed by atoms with Crippen LogP contribution in [0.3, 0.4) is 0 Å². The average molecular weight is 256 g/mol. The lowest BCUT2D eigenvalue weighted by Gasteiger charge is -1.98. The number of aliphatic imine (C=N–C) groups is 1. The number of nitrogens with two attached hydrogens (primary N) is 2. The molecule has 0 unspecified atom stereocenters. The van der Waals surface area contributed by atoms with Gasteiger partial charge in [-0.2, -0.15) is 11.8 Å². The van der Waals surface area contributed by atoms with Crippen molar-refractivity contribution >= 4 is 34.1 Å². The highest BCUT2D eigenvalue weighted by Crippen LogP contribution is 2.22. The molecule has 0 atom stereocenters. The van der Waals surface area contributed by atoms with E-state index in [0.717, 1.165) is 34.4 Å². The number of nitrogens with zero attached hydrogens (tertiary/aromatic N) is 2. The molecule has 0 spiro atoms. The zero-order valence-corrected chi connectivity index (χ0v) is 10.9. The van der Waals surface area contributed by atoms with Crippen molar-refractivity contribution in [2.24, 2.45) is 16.5 Å². The number of hydrogen-bond donors (Lipinski definition) is 2. The van der Waals surface area contributed by atoms with Crippen LogP contribution in [0.25, 0.3) is 0 Å². The first-order chi connectivity index (χ1) is 7.58. The normalized spacial score (nSPS) is 11.7. The summed E-state index contributed by atoms with van der Waals surface area (Å²) in [6.07, 6.45) is 0.849. The van der Waals surface area contributed by atoms with Crippen LogP contribution in [0.15, 0.2) is 22.6 Å². The van der Waals surface area contributed by atoms with Gasteiger partial charge < -0.3 is 11.5 Å². The zero-order valence-electron chi connectivity index (χ0n) is 9.27. The van der Waals surface area contributed by atoms with Gasteiger partial charge in [0.25, 0.3) is 0 Å². The fraction of sp³-hybridized carbons (Fsp3) is 0.400. The summed E-state index contributed by atoms with van der Waals surface area (Å²) in [6.45, 7) is 5.41. The van der Waals surface area contributed by atoms with Crippen molar-refractivity contribution in [2.75, 3.05) is 5.75 Å². The van der Waals surface area contributed by atoms with Crippen LogP contribution in [-0.2, 0) is 5.75 Å². The number of amidine groups is 1. The molecule has 1 aromatic heterocycles. The van der Waals surface area contributed by atoms with Crippen LogP contribution in [0, 0.1) is 0 Å². The smallest absolute Gasteiger partial charge is 0.210 e. The monoisotopic (exact) mass is 256 g/mol. The van der Waals surface area contributed by atoms with Crippen molar-refractivity contribution in [1.82, 2.24) is 4.98 Å². The summed E-state index contributed by atoms with van der Waals surface area (Å²) in [4.78, 5) is 8.44. The highest BCUT2D eigenvalue weighted by Gasteiger charge is 2.01. The van der Waals surface area contributed by atoms with Gasteiger partial charge in [0.15, 0.2) is 0 Å². The van der Waals surface area contributed by atoms with E-state index >= 15 is 0 Å². The maximum Gasteiger partial charge on any atom is 0.210 e. The minimum absolute atomic E-state index is 0.535. The van der Waals surface area contributed by atoms with Gasteiger partial charge in [-0.3, -0.25) is 0 Å². The van der Waals surface area contributed by atoms with Crippen LogP contribution in [-0.4, -0.2) is 16.6 Å². The quantitative estimate of drug-likeness (QED) is 0.465. The standard InChI is InChI=1S/C10H16N4S2/c1-7(11)3-4-15-5-9-6-16-10(14-9)13-8(2)12/h6H,1,3-5,11H2,2H3,(H2,12,13,14). The fourth-order valence-electron chi connectivity index (χ4n) is 0.945. The predicted octanol–water partition coefficient (Wildman–Crippen LogP) is 2.25. The molecule has 0 amide bonds. The maximum atomic E-state index is 5.48. The Balaban J connectivity index is 2.35. The molecule has 1 aromatic rings. The van der Waals surface area contributed by atoms with Crippen LogP contribution in [0.5, 0.6) is 0 Å². The SMILES string of the molecule is C=C(N)CCSCc1csc(/N=C(/C)N)n1. The zero-order chi connectivity index (χ0) is 12.0. The third-order valence-electron chi connectivity index (χ3n) is 1.63. The minimum atomic E-state index is 0.535. The summed E-state index contributed by atoms with van der Waals surface area (Å²) in [6, 6.07) is 0. The third-order valence-corrected chi connectivity index (χ3v) is 3.41. The molecular weight excluding hydrogens is 240 g/mol. The molecule has 16 heavy (non-hydrogen) atoms. The van der Waals surface area contributed by atoms with Crippen LogP contribution < -0.4 is 11.5 Å². The second-order valence-corrected chi connectivity index (χ2v) is 5.28. The lowest BCUT2D eigenvalue weighted by molar-refractivity contribution is 1.09. The molecule has 4 N–H and O–H groups in total. The van der Waals surface area contributed by atoms with Crippen molar-refractivity contribution in [3.63, 3.8) is 0 Å². The molecular formula is C10H16N4S2. The Labute approximate surface area is 104 Å². The number of thiazole rings is 1. The Hall–Kier alpha value is -1.01. The van der Waals surface area contributed by atoms with E-state index in [0.29, 0.717) is 5.84 Å². The van der Waals surface area contributed by atoms with Gasteiger partial charge in [-0.15, -0.1) is 11.3 Å². The Morgan fingerprint density at radius 1 is 1.62 bits per heavy atom. The maximum absolute atomic E-state index is 5.48. The van der Waals surface area contributed by atoms with Crippen molar-refractivity contribution < 1.29 is 0 Å². The van der Waals surface area contributed by atoms with Crippen molar-refractivity contribution in [1.29, 1.82) is 0 Å². The number of thioether (sulfide) groups is 1. The fourth-order valence-corrected chi connectivity index (χ4v) is 2.70. The first kappa shape index (κ1) is 13.1. The highest BCUT2D eigenvalue weighted by atomic mass is 32.2. The van der Waals surface area contributed by atoms with Crippen LogP contribution in [0.4, 0.5) is 5.13 Å². The third kappa shape index (κ3) is 5.18. The summed E-state index contributed by atoms with van der Waals surface area (Å²) in [7, 11) is 0. The molecule has 1 heterocycles.